The molecule has 0 unspecified atom stereocenters. The first-order valence-electron chi connectivity index (χ1n) is 6.83. The van der Waals surface area contributed by atoms with Crippen LogP contribution in [0.4, 0.5) is 0 Å². The first-order valence-corrected chi connectivity index (χ1v) is 7.62. The lowest BCUT2D eigenvalue weighted by molar-refractivity contribution is 0.895. The van der Waals surface area contributed by atoms with Gasteiger partial charge in [-0.15, -0.1) is 0 Å². The van der Waals surface area contributed by atoms with Crippen LogP contribution in [0.1, 0.15) is 0 Å². The number of nitrogens with zero attached hydrogens (tertiary/aromatic N) is 4. The number of aromatic nitrogens is 4. The Morgan fingerprint density at radius 1 is 0.864 bits per heavy atom. The monoisotopic (exact) mass is 350 g/mol. The molecular formula is C17H11BrN4. The van der Waals surface area contributed by atoms with Crippen molar-refractivity contribution in [2.45, 2.75) is 0 Å². The Balaban J connectivity index is 1.92. The van der Waals surface area contributed by atoms with Gasteiger partial charge in [0.2, 0.25) is 0 Å². The molecule has 0 N–H and O–H groups in total. The molecule has 5 heteroatoms. The van der Waals surface area contributed by atoms with Gasteiger partial charge in [-0.05, 0) is 24.3 Å². The van der Waals surface area contributed by atoms with Crippen LogP contribution in [0.25, 0.3) is 28.0 Å². The SMILES string of the molecule is Brc1ccc(-c2ncnc3c2cnn3-c2ccccc2)cc1. The van der Waals surface area contributed by atoms with E-state index in [1.54, 1.807) is 6.33 Å². The number of rotatable bonds is 2. The predicted octanol–water partition coefficient (Wildman–Crippen LogP) is 4.25. The molecule has 0 amide bonds. The summed E-state index contributed by atoms with van der Waals surface area (Å²) in [5, 5.41) is 5.41. The molecule has 2 aromatic heterocycles. The van der Waals surface area contributed by atoms with Gasteiger partial charge in [-0.2, -0.15) is 5.10 Å². The van der Waals surface area contributed by atoms with E-state index in [2.05, 4.69) is 31.0 Å². The van der Waals surface area contributed by atoms with Crippen molar-refractivity contribution in [1.29, 1.82) is 0 Å². The maximum absolute atomic E-state index is 4.47. The molecule has 0 aliphatic heterocycles. The maximum atomic E-state index is 4.47. The van der Waals surface area contributed by atoms with Gasteiger partial charge in [0.05, 0.1) is 23.0 Å². The molecule has 0 saturated carbocycles. The molecule has 106 valence electrons. The van der Waals surface area contributed by atoms with Crippen LogP contribution in [-0.4, -0.2) is 19.7 Å². The molecule has 0 aliphatic rings. The van der Waals surface area contributed by atoms with Gasteiger partial charge < -0.3 is 0 Å². The van der Waals surface area contributed by atoms with Gasteiger partial charge >= 0.3 is 0 Å². The lowest BCUT2D eigenvalue weighted by atomic mass is 10.1. The summed E-state index contributed by atoms with van der Waals surface area (Å²) in [7, 11) is 0. The topological polar surface area (TPSA) is 43.6 Å². The summed E-state index contributed by atoms with van der Waals surface area (Å²) in [6.07, 6.45) is 3.40. The molecule has 0 aliphatic carbocycles. The van der Waals surface area contributed by atoms with E-state index in [4.69, 9.17) is 0 Å². The van der Waals surface area contributed by atoms with Crippen molar-refractivity contribution in [3.05, 3.63) is 71.6 Å². The van der Waals surface area contributed by atoms with Crippen LogP contribution in [0, 0.1) is 0 Å². The van der Waals surface area contributed by atoms with Crippen molar-refractivity contribution < 1.29 is 0 Å². The van der Waals surface area contributed by atoms with E-state index in [-0.39, 0.29) is 0 Å². The minimum Gasteiger partial charge on any atom is -0.235 e. The lowest BCUT2D eigenvalue weighted by Crippen LogP contribution is -1.97. The van der Waals surface area contributed by atoms with E-state index in [1.165, 1.54) is 0 Å². The fourth-order valence-electron chi connectivity index (χ4n) is 2.44. The van der Waals surface area contributed by atoms with Crippen molar-refractivity contribution in [2.24, 2.45) is 0 Å². The average Bonchev–Trinajstić information content (AvgIpc) is 3.00. The summed E-state index contributed by atoms with van der Waals surface area (Å²) in [4.78, 5) is 8.84. The van der Waals surface area contributed by atoms with Crippen molar-refractivity contribution in [1.82, 2.24) is 19.7 Å². The molecular weight excluding hydrogens is 340 g/mol. The zero-order valence-corrected chi connectivity index (χ0v) is 13.1. The van der Waals surface area contributed by atoms with Gasteiger partial charge in [0, 0.05) is 10.0 Å². The zero-order valence-electron chi connectivity index (χ0n) is 11.5. The first kappa shape index (κ1) is 13.2. The quantitative estimate of drug-likeness (QED) is 0.542. The predicted molar refractivity (Wildman–Crippen MR) is 89.8 cm³/mol. The summed E-state index contributed by atoms with van der Waals surface area (Å²) < 4.78 is 2.88. The summed E-state index contributed by atoms with van der Waals surface area (Å²) >= 11 is 3.45. The van der Waals surface area contributed by atoms with Gasteiger partial charge in [-0.3, -0.25) is 0 Å². The Bertz CT molecular complexity index is 930. The molecule has 4 nitrogen and oxygen atoms in total. The van der Waals surface area contributed by atoms with E-state index in [1.807, 2.05) is 65.5 Å². The highest BCUT2D eigenvalue weighted by molar-refractivity contribution is 9.10. The summed E-state index contributed by atoms with van der Waals surface area (Å²) in [5.74, 6) is 0. The Kier molecular flexibility index (Phi) is 3.20. The second-order valence-electron chi connectivity index (χ2n) is 4.86. The molecule has 0 bridgehead atoms. The molecule has 0 radical (unpaired) electrons. The smallest absolute Gasteiger partial charge is 0.166 e. The number of halogens is 1. The Morgan fingerprint density at radius 2 is 1.64 bits per heavy atom. The van der Waals surface area contributed by atoms with Gasteiger partial charge in [-0.1, -0.05) is 46.3 Å². The van der Waals surface area contributed by atoms with Crippen molar-refractivity contribution in [3.63, 3.8) is 0 Å². The normalized spacial score (nSPS) is 11.0. The average molecular weight is 351 g/mol. The van der Waals surface area contributed by atoms with Crippen LogP contribution in [0.15, 0.2) is 71.6 Å². The van der Waals surface area contributed by atoms with Crippen LogP contribution in [0.5, 0.6) is 0 Å². The minimum absolute atomic E-state index is 0.805. The third kappa shape index (κ3) is 2.19. The van der Waals surface area contributed by atoms with E-state index in [9.17, 15) is 0 Å². The largest absolute Gasteiger partial charge is 0.235 e. The molecule has 2 heterocycles. The van der Waals surface area contributed by atoms with Crippen LogP contribution >= 0.6 is 15.9 Å². The van der Waals surface area contributed by atoms with Crippen LogP contribution in [0.3, 0.4) is 0 Å². The second-order valence-corrected chi connectivity index (χ2v) is 5.77. The fourth-order valence-corrected chi connectivity index (χ4v) is 2.70. The van der Waals surface area contributed by atoms with Gasteiger partial charge in [0.15, 0.2) is 5.65 Å². The van der Waals surface area contributed by atoms with Gasteiger partial charge in [0.25, 0.3) is 0 Å². The number of fused-ring (bicyclic) bond motifs is 1. The Hall–Kier alpha value is -2.53. The third-order valence-electron chi connectivity index (χ3n) is 3.48. The number of hydrogen-bond donors (Lipinski definition) is 0. The number of benzene rings is 2. The molecule has 0 spiro atoms. The highest BCUT2D eigenvalue weighted by Gasteiger charge is 2.12. The number of para-hydroxylation sites is 1. The molecule has 2 aromatic carbocycles. The molecule has 22 heavy (non-hydrogen) atoms. The summed E-state index contributed by atoms with van der Waals surface area (Å²) in [6, 6.07) is 18.0. The van der Waals surface area contributed by atoms with Crippen LogP contribution in [0.2, 0.25) is 0 Å². The van der Waals surface area contributed by atoms with E-state index in [0.29, 0.717) is 0 Å². The molecule has 0 fully saturated rings. The maximum Gasteiger partial charge on any atom is 0.166 e. The van der Waals surface area contributed by atoms with Crippen LogP contribution < -0.4 is 0 Å². The number of hydrogen-bond acceptors (Lipinski definition) is 3. The Labute approximate surface area is 135 Å². The molecule has 4 aromatic rings. The first-order chi connectivity index (χ1) is 10.8. The third-order valence-corrected chi connectivity index (χ3v) is 4.01. The highest BCUT2D eigenvalue weighted by atomic mass is 79.9. The van der Waals surface area contributed by atoms with Gasteiger partial charge in [-0.25, -0.2) is 14.6 Å². The lowest BCUT2D eigenvalue weighted by Gasteiger charge is -2.04. The zero-order chi connectivity index (χ0) is 14.9. The van der Waals surface area contributed by atoms with E-state index in [0.717, 1.165) is 32.5 Å². The second kappa shape index (κ2) is 5.35. The standard InChI is InChI=1S/C17H11BrN4/c18-13-8-6-12(7-9-13)16-15-10-21-22(17(15)20-11-19-16)14-4-2-1-3-5-14/h1-11H. The fraction of sp³-hybridized carbons (Fsp3) is 0. The van der Waals surface area contributed by atoms with E-state index < -0.39 is 0 Å². The van der Waals surface area contributed by atoms with Crippen molar-refractivity contribution >= 4 is 27.0 Å². The molecule has 4 rings (SSSR count). The van der Waals surface area contributed by atoms with Crippen LogP contribution in [-0.2, 0) is 0 Å². The van der Waals surface area contributed by atoms with Crippen molar-refractivity contribution in [3.8, 4) is 16.9 Å². The highest BCUT2D eigenvalue weighted by Crippen LogP contribution is 2.27. The molecule has 0 atom stereocenters. The summed E-state index contributed by atoms with van der Waals surface area (Å²) in [5.41, 5.74) is 3.72. The molecule has 0 saturated heterocycles. The van der Waals surface area contributed by atoms with Crippen molar-refractivity contribution in [2.75, 3.05) is 0 Å². The van der Waals surface area contributed by atoms with E-state index >= 15 is 0 Å². The minimum atomic E-state index is 0.805. The Morgan fingerprint density at radius 3 is 2.41 bits per heavy atom. The summed E-state index contributed by atoms with van der Waals surface area (Å²) in [6.45, 7) is 0. The van der Waals surface area contributed by atoms with Gasteiger partial charge in [0.1, 0.15) is 6.33 Å².